The third kappa shape index (κ3) is 3.17. The van der Waals surface area contributed by atoms with Crippen LogP contribution < -0.4 is 4.72 Å². The molecular weight excluding hydrogens is 368 g/mol. The van der Waals surface area contributed by atoms with Gasteiger partial charge in [-0.2, -0.15) is 0 Å². The van der Waals surface area contributed by atoms with Crippen molar-refractivity contribution in [1.29, 1.82) is 0 Å². The van der Waals surface area contributed by atoms with Crippen LogP contribution >= 0.6 is 27.5 Å². The monoisotopic (exact) mass is 378 g/mol. The van der Waals surface area contributed by atoms with Crippen LogP contribution in [0.4, 0.5) is 5.69 Å². The SMILES string of the molecule is Cn1cc(S(=O)(=O)Nc2cc(Cl)ccc2Br)cc1CO. The summed E-state index contributed by atoms with van der Waals surface area (Å²) in [6.07, 6.45) is 1.44. The van der Waals surface area contributed by atoms with E-state index in [4.69, 9.17) is 16.7 Å². The first-order chi connectivity index (χ1) is 9.33. The Bertz CT molecular complexity index is 743. The Morgan fingerprint density at radius 2 is 2.10 bits per heavy atom. The van der Waals surface area contributed by atoms with E-state index in [1.54, 1.807) is 23.7 Å². The molecule has 0 radical (unpaired) electrons. The number of sulfonamides is 1. The first-order valence-electron chi connectivity index (χ1n) is 5.57. The number of benzene rings is 1. The number of anilines is 1. The summed E-state index contributed by atoms with van der Waals surface area (Å²) in [5.74, 6) is 0. The number of aliphatic hydroxyl groups is 1. The molecule has 0 spiro atoms. The van der Waals surface area contributed by atoms with E-state index in [9.17, 15) is 8.42 Å². The van der Waals surface area contributed by atoms with Crippen LogP contribution in [0.5, 0.6) is 0 Å². The summed E-state index contributed by atoms with van der Waals surface area (Å²) in [5.41, 5.74) is 0.863. The Balaban J connectivity index is 2.37. The number of hydrogen-bond donors (Lipinski definition) is 2. The highest BCUT2D eigenvalue weighted by atomic mass is 79.9. The molecule has 2 N–H and O–H groups in total. The second kappa shape index (κ2) is 5.77. The van der Waals surface area contributed by atoms with Crippen molar-refractivity contribution < 1.29 is 13.5 Å². The van der Waals surface area contributed by atoms with Gasteiger partial charge < -0.3 is 9.67 Å². The van der Waals surface area contributed by atoms with Gasteiger partial charge in [-0.3, -0.25) is 4.72 Å². The standard InChI is InChI=1S/C12H12BrClN2O3S/c1-16-6-10(5-9(16)7-17)20(18,19)15-12-4-8(14)2-3-11(12)13/h2-6,15,17H,7H2,1H3. The first kappa shape index (κ1) is 15.4. The fourth-order valence-corrected chi connectivity index (χ4v) is 3.47. The van der Waals surface area contributed by atoms with Crippen LogP contribution in [0.1, 0.15) is 5.69 Å². The Kier molecular flexibility index (Phi) is 4.43. The molecule has 5 nitrogen and oxygen atoms in total. The Labute approximate surface area is 130 Å². The summed E-state index contributed by atoms with van der Waals surface area (Å²) in [6, 6.07) is 6.24. The molecule has 108 valence electrons. The minimum Gasteiger partial charge on any atom is -0.390 e. The van der Waals surface area contributed by atoms with Crippen molar-refractivity contribution in [2.24, 2.45) is 7.05 Å². The zero-order valence-corrected chi connectivity index (χ0v) is 13.6. The van der Waals surface area contributed by atoms with E-state index >= 15 is 0 Å². The Morgan fingerprint density at radius 1 is 1.40 bits per heavy atom. The van der Waals surface area contributed by atoms with Crippen molar-refractivity contribution in [2.75, 3.05) is 4.72 Å². The van der Waals surface area contributed by atoms with Crippen LogP contribution in [0.25, 0.3) is 0 Å². The van der Waals surface area contributed by atoms with Gasteiger partial charge in [0.2, 0.25) is 0 Å². The molecule has 0 atom stereocenters. The van der Waals surface area contributed by atoms with Crippen molar-refractivity contribution in [3.8, 4) is 0 Å². The van der Waals surface area contributed by atoms with E-state index in [0.717, 1.165) is 0 Å². The maximum absolute atomic E-state index is 12.3. The average molecular weight is 380 g/mol. The van der Waals surface area contributed by atoms with Gasteiger partial charge >= 0.3 is 0 Å². The topological polar surface area (TPSA) is 71.3 Å². The number of hydrogen-bond acceptors (Lipinski definition) is 3. The second-order valence-electron chi connectivity index (χ2n) is 4.17. The van der Waals surface area contributed by atoms with Gasteiger partial charge in [0.15, 0.2) is 0 Å². The number of aromatic nitrogens is 1. The van der Waals surface area contributed by atoms with Crippen molar-refractivity contribution in [2.45, 2.75) is 11.5 Å². The number of aliphatic hydroxyl groups excluding tert-OH is 1. The summed E-state index contributed by atoms with van der Waals surface area (Å²) >= 11 is 9.11. The van der Waals surface area contributed by atoms with Crippen LogP contribution in [0, 0.1) is 0 Å². The Hall–Kier alpha value is -1.02. The third-order valence-electron chi connectivity index (χ3n) is 2.73. The summed E-state index contributed by atoms with van der Waals surface area (Å²) < 4.78 is 29.2. The quantitative estimate of drug-likeness (QED) is 0.858. The smallest absolute Gasteiger partial charge is 0.263 e. The predicted molar refractivity (Wildman–Crippen MR) is 81.3 cm³/mol. The summed E-state index contributed by atoms with van der Waals surface area (Å²) in [4.78, 5) is 0.0796. The molecule has 8 heteroatoms. The molecule has 0 aliphatic rings. The van der Waals surface area contributed by atoms with E-state index < -0.39 is 10.0 Å². The number of aryl methyl sites for hydroxylation is 1. The lowest BCUT2D eigenvalue weighted by Crippen LogP contribution is -2.12. The van der Waals surface area contributed by atoms with Crippen LogP contribution in [0.2, 0.25) is 5.02 Å². The fraction of sp³-hybridized carbons (Fsp3) is 0.167. The molecule has 20 heavy (non-hydrogen) atoms. The van der Waals surface area contributed by atoms with Gasteiger partial charge in [0.1, 0.15) is 4.90 Å². The Morgan fingerprint density at radius 3 is 2.70 bits per heavy atom. The maximum Gasteiger partial charge on any atom is 0.263 e. The minimum absolute atomic E-state index is 0.0796. The van der Waals surface area contributed by atoms with Crippen LogP contribution in [0.15, 0.2) is 39.8 Å². The number of nitrogens with zero attached hydrogens (tertiary/aromatic N) is 1. The van der Waals surface area contributed by atoms with Gasteiger partial charge in [-0.1, -0.05) is 11.6 Å². The first-order valence-corrected chi connectivity index (χ1v) is 8.23. The maximum atomic E-state index is 12.3. The average Bonchev–Trinajstić information content (AvgIpc) is 2.76. The van der Waals surface area contributed by atoms with Crippen molar-refractivity contribution in [1.82, 2.24) is 4.57 Å². The molecule has 0 saturated heterocycles. The molecule has 0 aliphatic carbocycles. The third-order valence-corrected chi connectivity index (χ3v) is 4.99. The van der Waals surface area contributed by atoms with Crippen LogP contribution in [0.3, 0.4) is 0 Å². The molecule has 0 unspecified atom stereocenters. The molecule has 1 heterocycles. The normalized spacial score (nSPS) is 11.6. The molecule has 1 aromatic carbocycles. The largest absolute Gasteiger partial charge is 0.390 e. The van der Waals surface area contributed by atoms with Gasteiger partial charge in [-0.05, 0) is 40.2 Å². The lowest BCUT2D eigenvalue weighted by molar-refractivity contribution is 0.272. The van der Waals surface area contributed by atoms with E-state index in [2.05, 4.69) is 20.7 Å². The van der Waals surface area contributed by atoms with Gasteiger partial charge in [-0.15, -0.1) is 0 Å². The highest BCUT2D eigenvalue weighted by Gasteiger charge is 2.18. The summed E-state index contributed by atoms with van der Waals surface area (Å²) in [6.45, 7) is -0.229. The fourth-order valence-electron chi connectivity index (χ4n) is 1.66. The van der Waals surface area contributed by atoms with Crippen LogP contribution in [-0.4, -0.2) is 18.1 Å². The molecule has 0 aliphatic heterocycles. The van der Waals surface area contributed by atoms with Crippen molar-refractivity contribution >= 4 is 43.2 Å². The van der Waals surface area contributed by atoms with Crippen molar-refractivity contribution in [3.05, 3.63) is 45.7 Å². The summed E-state index contributed by atoms with van der Waals surface area (Å²) in [5, 5.41) is 9.53. The van der Waals surface area contributed by atoms with Gasteiger partial charge in [0.25, 0.3) is 10.0 Å². The van der Waals surface area contributed by atoms with Crippen molar-refractivity contribution in [3.63, 3.8) is 0 Å². The molecule has 0 amide bonds. The molecule has 0 fully saturated rings. The lowest BCUT2D eigenvalue weighted by Gasteiger charge is -2.08. The van der Waals surface area contributed by atoms with E-state index in [0.29, 0.717) is 20.9 Å². The minimum atomic E-state index is -3.73. The van der Waals surface area contributed by atoms with E-state index in [1.807, 2.05) is 0 Å². The molecular formula is C12H12BrClN2O3S. The molecule has 2 aromatic rings. The van der Waals surface area contributed by atoms with Gasteiger partial charge in [0, 0.05) is 28.4 Å². The van der Waals surface area contributed by atoms with E-state index in [1.165, 1.54) is 18.3 Å². The number of rotatable bonds is 4. The zero-order valence-electron chi connectivity index (χ0n) is 10.5. The highest BCUT2D eigenvalue weighted by molar-refractivity contribution is 9.10. The zero-order chi connectivity index (χ0) is 14.9. The molecule has 0 bridgehead atoms. The van der Waals surface area contributed by atoms with Crippen LogP contribution in [-0.2, 0) is 23.7 Å². The molecule has 0 saturated carbocycles. The van der Waals surface area contributed by atoms with Gasteiger partial charge in [0.05, 0.1) is 12.3 Å². The van der Waals surface area contributed by atoms with E-state index in [-0.39, 0.29) is 11.5 Å². The van der Waals surface area contributed by atoms with Gasteiger partial charge in [-0.25, -0.2) is 8.42 Å². The summed E-state index contributed by atoms with van der Waals surface area (Å²) in [7, 11) is -2.07. The lowest BCUT2D eigenvalue weighted by atomic mass is 10.3. The molecule has 1 aromatic heterocycles. The highest BCUT2D eigenvalue weighted by Crippen LogP contribution is 2.28. The molecule has 2 rings (SSSR count). The second-order valence-corrected chi connectivity index (χ2v) is 7.14. The number of nitrogens with one attached hydrogen (secondary N) is 1. The number of halogens is 2. The predicted octanol–water partition coefficient (Wildman–Crippen LogP) is 2.73.